The van der Waals surface area contributed by atoms with Crippen LogP contribution in [0.25, 0.3) is 11.6 Å². The number of thioether (sulfide) groups is 1. The van der Waals surface area contributed by atoms with Crippen LogP contribution in [0.3, 0.4) is 0 Å². The van der Waals surface area contributed by atoms with Crippen molar-refractivity contribution in [3.05, 3.63) is 41.9 Å². The minimum absolute atomic E-state index is 0. The van der Waals surface area contributed by atoms with Crippen LogP contribution in [0.2, 0.25) is 0 Å². The molecule has 0 radical (unpaired) electrons. The molecule has 7 nitrogen and oxygen atoms in total. The molecule has 0 spiro atoms. The van der Waals surface area contributed by atoms with Gasteiger partial charge in [0.05, 0.1) is 5.69 Å². The van der Waals surface area contributed by atoms with Crippen LogP contribution in [0.5, 0.6) is 0 Å². The van der Waals surface area contributed by atoms with Gasteiger partial charge in [-0.15, -0.1) is 35.0 Å². The summed E-state index contributed by atoms with van der Waals surface area (Å²) in [6.45, 7) is 8.82. The molecule has 34 heavy (non-hydrogen) atoms. The predicted octanol–water partition coefficient (Wildman–Crippen LogP) is 5.01. The normalized spacial score (nSPS) is 20.0. The van der Waals surface area contributed by atoms with Gasteiger partial charge in [0.25, 0.3) is 0 Å². The molecule has 2 aliphatic rings. The molecule has 186 valence electrons. The lowest BCUT2D eigenvalue weighted by Gasteiger charge is -2.40. The van der Waals surface area contributed by atoms with E-state index in [1.165, 1.54) is 43.6 Å². The molecule has 10 heteroatoms. The highest BCUT2D eigenvalue weighted by molar-refractivity contribution is 7.99. The number of aromatic nitrogens is 4. The topological polar surface area (TPSA) is 63.2 Å². The maximum Gasteiger partial charge on any atom is 0.202 e. The van der Waals surface area contributed by atoms with E-state index in [0.717, 1.165) is 47.9 Å². The first-order valence-electron chi connectivity index (χ1n) is 11.6. The maximum absolute atomic E-state index is 5.48. The lowest BCUT2D eigenvalue weighted by Crippen LogP contribution is -2.48. The van der Waals surface area contributed by atoms with Crippen LogP contribution >= 0.6 is 36.6 Å². The summed E-state index contributed by atoms with van der Waals surface area (Å²) in [5, 5.41) is 9.61. The van der Waals surface area contributed by atoms with Gasteiger partial charge in [0.2, 0.25) is 5.82 Å². The average Bonchev–Trinajstić information content (AvgIpc) is 3.50. The highest BCUT2D eigenvalue weighted by Gasteiger charge is 2.37. The number of rotatable bonds is 7. The molecule has 0 saturated carbocycles. The van der Waals surface area contributed by atoms with E-state index in [4.69, 9.17) is 4.42 Å². The molecule has 4 heterocycles. The van der Waals surface area contributed by atoms with Crippen molar-refractivity contribution >= 4 is 42.3 Å². The minimum Gasteiger partial charge on any atom is -0.440 e. The maximum atomic E-state index is 5.48. The quantitative estimate of drug-likeness (QED) is 0.317. The van der Waals surface area contributed by atoms with Crippen LogP contribution < -0.4 is 4.90 Å². The summed E-state index contributed by atoms with van der Waals surface area (Å²) < 4.78 is 7.48. The molecule has 5 rings (SSSR count). The SMILES string of the molecule is Cc1ccc(N2CCC3CCN(CCCSc4nnc(-c5ocnc5C)n4C)C3C2)cc1.Cl.Cl. The Bertz CT molecular complexity index is 1060. The largest absolute Gasteiger partial charge is 0.440 e. The Morgan fingerprint density at radius 2 is 1.82 bits per heavy atom. The second-order valence-corrected chi connectivity index (χ2v) is 10.1. The Labute approximate surface area is 218 Å². The van der Waals surface area contributed by atoms with Gasteiger partial charge in [0, 0.05) is 37.6 Å². The summed E-state index contributed by atoms with van der Waals surface area (Å²) in [6.07, 6.45) is 5.28. The summed E-state index contributed by atoms with van der Waals surface area (Å²) in [6, 6.07) is 9.70. The minimum atomic E-state index is 0. The van der Waals surface area contributed by atoms with E-state index in [1.54, 1.807) is 11.8 Å². The molecule has 2 unspecified atom stereocenters. The number of aryl methyl sites for hydroxylation is 2. The number of benzene rings is 1. The van der Waals surface area contributed by atoms with Gasteiger partial charge in [-0.25, -0.2) is 4.98 Å². The number of anilines is 1. The van der Waals surface area contributed by atoms with Crippen molar-refractivity contribution in [2.75, 3.05) is 36.8 Å². The second kappa shape index (κ2) is 11.8. The van der Waals surface area contributed by atoms with Crippen molar-refractivity contribution in [2.45, 2.75) is 44.3 Å². The Morgan fingerprint density at radius 1 is 1.06 bits per heavy atom. The first-order chi connectivity index (χ1) is 15.6. The van der Waals surface area contributed by atoms with Crippen LogP contribution in [0.4, 0.5) is 5.69 Å². The van der Waals surface area contributed by atoms with Crippen LogP contribution in [-0.4, -0.2) is 62.6 Å². The number of fused-ring (bicyclic) bond motifs is 1. The molecule has 2 saturated heterocycles. The summed E-state index contributed by atoms with van der Waals surface area (Å²) in [5.74, 6) is 3.33. The summed E-state index contributed by atoms with van der Waals surface area (Å²) in [4.78, 5) is 9.47. The Kier molecular flexibility index (Phi) is 9.32. The average molecular weight is 526 g/mol. The van der Waals surface area contributed by atoms with Gasteiger partial charge in [0.1, 0.15) is 0 Å². The van der Waals surface area contributed by atoms with Gasteiger partial charge < -0.3 is 13.9 Å². The first kappa shape index (κ1) is 26.9. The first-order valence-corrected chi connectivity index (χ1v) is 12.6. The zero-order valence-corrected chi connectivity index (χ0v) is 22.5. The molecule has 0 aliphatic carbocycles. The fourth-order valence-corrected chi connectivity index (χ4v) is 5.92. The lowest BCUT2D eigenvalue weighted by atomic mass is 9.92. The van der Waals surface area contributed by atoms with Gasteiger partial charge >= 0.3 is 0 Å². The van der Waals surface area contributed by atoms with E-state index >= 15 is 0 Å². The van der Waals surface area contributed by atoms with Gasteiger partial charge in [0.15, 0.2) is 17.3 Å². The molecule has 2 atom stereocenters. The molecular weight excluding hydrogens is 491 g/mol. The molecule has 0 bridgehead atoms. The number of hydrogen-bond donors (Lipinski definition) is 0. The summed E-state index contributed by atoms with van der Waals surface area (Å²) in [5.41, 5.74) is 3.54. The standard InChI is InChI=1S/C24H32N6OS.2ClH/c1-17-5-7-20(8-6-17)30-13-10-19-9-12-29(21(19)15-30)11-4-14-32-24-27-26-23(28(24)3)22-18(2)25-16-31-22;;/h5-8,16,19,21H,4,9-15H2,1-3H3;2*1H. The molecule has 0 amide bonds. The fraction of sp³-hybridized carbons (Fsp3) is 0.542. The van der Waals surface area contributed by atoms with Crippen molar-refractivity contribution in [3.8, 4) is 11.6 Å². The van der Waals surface area contributed by atoms with Crippen molar-refractivity contribution in [3.63, 3.8) is 0 Å². The third-order valence-corrected chi connectivity index (χ3v) is 8.09. The molecule has 2 aromatic heterocycles. The second-order valence-electron chi connectivity index (χ2n) is 9.06. The van der Waals surface area contributed by atoms with Crippen LogP contribution in [0.1, 0.15) is 30.5 Å². The van der Waals surface area contributed by atoms with Crippen LogP contribution in [0.15, 0.2) is 40.2 Å². The number of oxazole rings is 1. The van der Waals surface area contributed by atoms with Crippen LogP contribution in [0, 0.1) is 19.8 Å². The van der Waals surface area contributed by atoms with Gasteiger partial charge in [-0.05, 0) is 64.3 Å². The molecule has 3 aromatic rings. The molecule has 2 aliphatic heterocycles. The highest BCUT2D eigenvalue weighted by Crippen LogP contribution is 2.34. The Hall–Kier alpha value is -1.74. The van der Waals surface area contributed by atoms with Gasteiger partial charge in [-0.2, -0.15) is 0 Å². The Balaban J connectivity index is 0.00000162. The van der Waals surface area contributed by atoms with Crippen molar-refractivity contribution < 1.29 is 4.42 Å². The fourth-order valence-electron chi connectivity index (χ4n) is 5.08. The zero-order valence-electron chi connectivity index (χ0n) is 20.0. The smallest absolute Gasteiger partial charge is 0.202 e. The number of likely N-dealkylation sites (tertiary alicyclic amines) is 1. The molecule has 0 N–H and O–H groups in total. The number of nitrogens with zero attached hydrogens (tertiary/aromatic N) is 6. The van der Waals surface area contributed by atoms with E-state index in [9.17, 15) is 0 Å². The Morgan fingerprint density at radius 3 is 2.56 bits per heavy atom. The molecular formula is C24H34Cl2N6OS. The molecule has 2 fully saturated rings. The summed E-state index contributed by atoms with van der Waals surface area (Å²) >= 11 is 1.77. The predicted molar refractivity (Wildman–Crippen MR) is 143 cm³/mol. The van der Waals surface area contributed by atoms with Crippen molar-refractivity contribution in [2.24, 2.45) is 13.0 Å². The van der Waals surface area contributed by atoms with Crippen molar-refractivity contribution in [1.82, 2.24) is 24.6 Å². The third kappa shape index (κ3) is 5.56. The third-order valence-electron chi connectivity index (χ3n) is 6.98. The zero-order chi connectivity index (χ0) is 22.1. The highest BCUT2D eigenvalue weighted by atomic mass is 35.5. The van der Waals surface area contributed by atoms with E-state index in [2.05, 4.69) is 56.2 Å². The van der Waals surface area contributed by atoms with Gasteiger partial charge in [-0.3, -0.25) is 4.90 Å². The number of halogens is 2. The van der Waals surface area contributed by atoms with E-state index in [1.807, 2.05) is 18.5 Å². The summed E-state index contributed by atoms with van der Waals surface area (Å²) in [7, 11) is 1.99. The van der Waals surface area contributed by atoms with E-state index in [0.29, 0.717) is 11.8 Å². The molecule has 1 aromatic carbocycles. The van der Waals surface area contributed by atoms with Gasteiger partial charge in [-0.1, -0.05) is 29.5 Å². The van der Waals surface area contributed by atoms with Crippen molar-refractivity contribution in [1.29, 1.82) is 0 Å². The number of piperidine rings is 1. The lowest BCUT2D eigenvalue weighted by molar-refractivity contribution is 0.209. The van der Waals surface area contributed by atoms with Crippen LogP contribution in [-0.2, 0) is 7.05 Å². The number of hydrogen-bond acceptors (Lipinski definition) is 7. The monoisotopic (exact) mass is 524 g/mol. The van der Waals surface area contributed by atoms with E-state index < -0.39 is 0 Å². The van der Waals surface area contributed by atoms with E-state index in [-0.39, 0.29) is 24.8 Å².